The first-order chi connectivity index (χ1) is 20.6. The van der Waals surface area contributed by atoms with Gasteiger partial charge in [-0.05, 0) is 57.0 Å². The van der Waals surface area contributed by atoms with Crippen LogP contribution in [0.1, 0.15) is 42.4 Å². The van der Waals surface area contributed by atoms with Gasteiger partial charge in [-0.3, -0.25) is 4.79 Å². The van der Waals surface area contributed by atoms with Crippen LogP contribution in [0.2, 0.25) is 0 Å². The summed E-state index contributed by atoms with van der Waals surface area (Å²) < 4.78 is 69.4. The van der Waals surface area contributed by atoms with Crippen molar-refractivity contribution in [1.82, 2.24) is 29.9 Å². The molecule has 14 heteroatoms. The number of halogens is 4. The summed E-state index contributed by atoms with van der Waals surface area (Å²) in [5.74, 6) is -0.369. The number of anilines is 1. The molecule has 2 atom stereocenters. The number of nitrogens with one attached hydrogen (secondary N) is 3. The molecule has 1 unspecified atom stereocenters. The summed E-state index contributed by atoms with van der Waals surface area (Å²) in [4.78, 5) is 17.1. The minimum absolute atomic E-state index is 0.0369. The van der Waals surface area contributed by atoms with Gasteiger partial charge in [-0.1, -0.05) is 11.2 Å². The Hall–Kier alpha value is -3.91. The first kappa shape index (κ1) is 29.2. The van der Waals surface area contributed by atoms with Crippen molar-refractivity contribution in [1.29, 1.82) is 0 Å². The van der Waals surface area contributed by atoms with Crippen molar-refractivity contribution in [2.45, 2.75) is 63.2 Å². The van der Waals surface area contributed by atoms with E-state index >= 15 is 0 Å². The third-order valence-corrected chi connectivity index (χ3v) is 8.27. The highest BCUT2D eigenvalue weighted by Gasteiger charge is 2.32. The maximum absolute atomic E-state index is 14.5. The second kappa shape index (κ2) is 11.6. The number of amides is 1. The highest BCUT2D eigenvalue weighted by atomic mass is 19.4. The molecule has 0 bridgehead atoms. The molecular formula is C29H33F4N7O3. The van der Waals surface area contributed by atoms with E-state index in [1.807, 2.05) is 10.8 Å². The van der Waals surface area contributed by atoms with E-state index in [9.17, 15) is 22.4 Å². The van der Waals surface area contributed by atoms with Gasteiger partial charge in [-0.15, -0.1) is 0 Å². The van der Waals surface area contributed by atoms with Gasteiger partial charge in [0.1, 0.15) is 12.7 Å². The molecule has 2 saturated heterocycles. The molecule has 2 fully saturated rings. The van der Waals surface area contributed by atoms with Gasteiger partial charge in [0.2, 0.25) is 11.7 Å². The number of carbonyl (C=O) groups is 1. The maximum Gasteiger partial charge on any atom is 0.406 e. The van der Waals surface area contributed by atoms with Crippen LogP contribution in [0, 0.1) is 0 Å². The van der Waals surface area contributed by atoms with Crippen molar-refractivity contribution in [2.75, 3.05) is 31.6 Å². The lowest BCUT2D eigenvalue weighted by molar-refractivity contribution is -0.139. The Balaban J connectivity index is 1.21. The fourth-order valence-electron chi connectivity index (χ4n) is 5.74. The zero-order chi connectivity index (χ0) is 30.2. The SMILES string of the molecule is CC1(n2ccc(C(=O)NCc3nc(-c4cc5c(NC6CNCC[C@H]6F)cccc5n4CC(F)(F)F)no3)c2)CCOCC1. The number of aromatic nitrogens is 4. The zero-order valence-electron chi connectivity index (χ0n) is 23.6. The van der Waals surface area contributed by atoms with Gasteiger partial charge in [0.25, 0.3) is 5.91 Å². The van der Waals surface area contributed by atoms with Gasteiger partial charge < -0.3 is 34.3 Å². The van der Waals surface area contributed by atoms with Crippen LogP contribution in [0.25, 0.3) is 22.4 Å². The summed E-state index contributed by atoms with van der Waals surface area (Å²) in [5.41, 5.74) is 1.21. The minimum atomic E-state index is -4.53. The first-order valence-electron chi connectivity index (χ1n) is 14.3. The number of alkyl halides is 4. The van der Waals surface area contributed by atoms with Crippen LogP contribution in [-0.2, 0) is 23.4 Å². The highest BCUT2D eigenvalue weighted by molar-refractivity contribution is 5.96. The Morgan fingerprint density at radius 2 is 2.05 bits per heavy atom. The number of fused-ring (bicyclic) bond motifs is 1. The standard InChI is InChI=1S/C29H33F4N7O3/c1-28(7-11-42-12-8-28)39-10-6-18(16-39)27(41)35-15-25-37-26(38-43-25)24-13-19-21(36-22-14-34-9-5-20(22)30)3-2-4-23(19)40(24)17-29(31,32)33/h2-4,6,10,13,16,20,22,34,36H,5,7-9,11-12,14-15,17H2,1H3,(H,35,41)/t20-,22?/m1/s1. The van der Waals surface area contributed by atoms with Crippen molar-refractivity contribution in [3.8, 4) is 11.5 Å². The molecule has 0 radical (unpaired) electrons. The van der Waals surface area contributed by atoms with E-state index in [0.29, 0.717) is 54.9 Å². The van der Waals surface area contributed by atoms with Crippen LogP contribution in [0.4, 0.5) is 23.2 Å². The maximum atomic E-state index is 14.5. The summed E-state index contributed by atoms with van der Waals surface area (Å²) >= 11 is 0. The first-order valence-corrected chi connectivity index (χ1v) is 14.3. The molecule has 2 aliphatic rings. The number of benzene rings is 1. The van der Waals surface area contributed by atoms with Crippen molar-refractivity contribution in [3.05, 3.63) is 54.2 Å². The van der Waals surface area contributed by atoms with Crippen molar-refractivity contribution in [2.24, 2.45) is 0 Å². The molecule has 230 valence electrons. The fraction of sp³-hybridized carbons (Fsp3) is 0.483. The smallest absolute Gasteiger partial charge is 0.381 e. The summed E-state index contributed by atoms with van der Waals surface area (Å²) in [6.07, 6.45) is 0.0551. The lowest BCUT2D eigenvalue weighted by Gasteiger charge is -2.35. The molecule has 1 aromatic carbocycles. The fourth-order valence-corrected chi connectivity index (χ4v) is 5.74. The number of hydrogen-bond acceptors (Lipinski definition) is 7. The number of piperidine rings is 1. The molecule has 0 saturated carbocycles. The largest absolute Gasteiger partial charge is 0.406 e. The summed E-state index contributed by atoms with van der Waals surface area (Å²) in [7, 11) is 0. The molecule has 3 N–H and O–H groups in total. The van der Waals surface area contributed by atoms with Crippen LogP contribution >= 0.6 is 0 Å². The molecule has 43 heavy (non-hydrogen) atoms. The van der Waals surface area contributed by atoms with Crippen LogP contribution in [0.3, 0.4) is 0 Å². The molecule has 10 nitrogen and oxygen atoms in total. The van der Waals surface area contributed by atoms with E-state index in [0.717, 1.165) is 17.4 Å². The predicted molar refractivity (Wildman–Crippen MR) is 150 cm³/mol. The van der Waals surface area contributed by atoms with E-state index in [2.05, 4.69) is 33.0 Å². The van der Waals surface area contributed by atoms with E-state index < -0.39 is 24.9 Å². The number of ether oxygens (including phenoxy) is 1. The quantitative estimate of drug-likeness (QED) is 0.252. The molecular weight excluding hydrogens is 570 g/mol. The minimum Gasteiger partial charge on any atom is -0.381 e. The lowest BCUT2D eigenvalue weighted by atomic mass is 9.92. The van der Waals surface area contributed by atoms with Gasteiger partial charge in [-0.25, -0.2) is 4.39 Å². The molecule has 6 rings (SSSR count). The molecule has 0 aliphatic carbocycles. The number of hydrogen-bond donors (Lipinski definition) is 3. The average molecular weight is 604 g/mol. The normalized spacial score (nSPS) is 20.8. The molecule has 5 heterocycles. The average Bonchev–Trinajstić information content (AvgIpc) is 3.73. The van der Waals surface area contributed by atoms with Crippen LogP contribution in [-0.4, -0.2) is 69.9 Å². The summed E-state index contributed by atoms with van der Waals surface area (Å²) in [6, 6.07) is 7.64. The van der Waals surface area contributed by atoms with Crippen molar-refractivity contribution >= 4 is 22.5 Å². The predicted octanol–water partition coefficient (Wildman–Crippen LogP) is 4.62. The third kappa shape index (κ3) is 6.25. The third-order valence-electron chi connectivity index (χ3n) is 8.27. The zero-order valence-corrected chi connectivity index (χ0v) is 23.6. The van der Waals surface area contributed by atoms with E-state index in [-0.39, 0.29) is 35.4 Å². The molecule has 2 aliphatic heterocycles. The Bertz CT molecular complexity index is 1590. The molecule has 3 aromatic heterocycles. The van der Waals surface area contributed by atoms with Crippen molar-refractivity contribution in [3.63, 3.8) is 0 Å². The molecule has 4 aromatic rings. The van der Waals surface area contributed by atoms with Crippen molar-refractivity contribution < 1.29 is 31.6 Å². The van der Waals surface area contributed by atoms with E-state index in [4.69, 9.17) is 9.26 Å². The number of rotatable bonds is 8. The number of carbonyl (C=O) groups excluding carboxylic acids is 1. The van der Waals surface area contributed by atoms with Crippen LogP contribution < -0.4 is 16.0 Å². The van der Waals surface area contributed by atoms with Gasteiger partial charge in [-0.2, -0.15) is 18.2 Å². The summed E-state index contributed by atoms with van der Waals surface area (Å²) in [6.45, 7) is 3.01. The molecule has 1 amide bonds. The number of nitrogens with zero attached hydrogens (tertiary/aromatic N) is 4. The summed E-state index contributed by atoms with van der Waals surface area (Å²) in [5, 5.41) is 13.4. The molecule has 0 spiro atoms. The van der Waals surface area contributed by atoms with E-state index in [1.54, 1.807) is 36.5 Å². The Morgan fingerprint density at radius 1 is 1.23 bits per heavy atom. The van der Waals surface area contributed by atoms with E-state index in [1.165, 1.54) is 0 Å². The highest BCUT2D eigenvalue weighted by Crippen LogP contribution is 2.35. The van der Waals surface area contributed by atoms with Gasteiger partial charge in [0.15, 0.2) is 0 Å². The topological polar surface area (TPSA) is 111 Å². The lowest BCUT2D eigenvalue weighted by Crippen LogP contribution is -2.46. The monoisotopic (exact) mass is 603 g/mol. The Labute approximate surface area is 244 Å². The van der Waals surface area contributed by atoms with Crippen LogP contribution in [0.15, 0.2) is 47.2 Å². The Kier molecular flexibility index (Phi) is 7.90. The second-order valence-electron chi connectivity index (χ2n) is 11.3. The van der Waals surface area contributed by atoms with Gasteiger partial charge in [0.05, 0.1) is 29.4 Å². The van der Waals surface area contributed by atoms with Gasteiger partial charge >= 0.3 is 6.18 Å². The van der Waals surface area contributed by atoms with Crippen LogP contribution in [0.5, 0.6) is 0 Å². The Morgan fingerprint density at radius 3 is 2.81 bits per heavy atom. The van der Waals surface area contributed by atoms with Gasteiger partial charge in [0, 0.05) is 48.8 Å². The second-order valence-corrected chi connectivity index (χ2v) is 11.3.